The molecule has 2 nitrogen and oxygen atoms in total. The quantitative estimate of drug-likeness (QED) is 0.795. The Labute approximate surface area is 87.9 Å². The van der Waals surface area contributed by atoms with Crippen LogP contribution in [0.4, 0.5) is 5.69 Å². The fourth-order valence-electron chi connectivity index (χ4n) is 1.15. The molecular formula is C12H22N2. The van der Waals surface area contributed by atoms with Gasteiger partial charge in [-0.25, -0.2) is 0 Å². The van der Waals surface area contributed by atoms with Gasteiger partial charge in [0.15, 0.2) is 0 Å². The van der Waals surface area contributed by atoms with E-state index in [4.69, 9.17) is 0 Å². The molecule has 0 radical (unpaired) electrons. The van der Waals surface area contributed by atoms with Crippen molar-refractivity contribution >= 4 is 5.69 Å². The van der Waals surface area contributed by atoms with Gasteiger partial charge in [-0.3, -0.25) is 0 Å². The fraction of sp³-hybridized carbons (Fsp3) is 0.500. The van der Waals surface area contributed by atoms with Crippen LogP contribution >= 0.6 is 0 Å². The van der Waals surface area contributed by atoms with Gasteiger partial charge in [0.05, 0.1) is 0 Å². The highest BCUT2D eigenvalue weighted by atomic mass is 15.1. The Morgan fingerprint density at radius 1 is 1.21 bits per heavy atom. The Hall–Kier alpha value is -1.02. The van der Waals surface area contributed by atoms with E-state index in [1.807, 2.05) is 20.9 Å². The fourth-order valence-corrected chi connectivity index (χ4v) is 1.15. The molecule has 0 unspecified atom stereocenters. The van der Waals surface area contributed by atoms with Crippen molar-refractivity contribution in [2.24, 2.45) is 0 Å². The van der Waals surface area contributed by atoms with Crippen molar-refractivity contribution in [2.75, 3.05) is 26.0 Å². The SMILES string of the molecule is CC.CNCc1cccc(N(C)C)c1. The van der Waals surface area contributed by atoms with Crippen LogP contribution in [0.3, 0.4) is 0 Å². The molecule has 0 saturated carbocycles. The van der Waals surface area contributed by atoms with Gasteiger partial charge in [-0.05, 0) is 24.7 Å². The molecule has 0 aliphatic heterocycles. The van der Waals surface area contributed by atoms with Gasteiger partial charge in [-0.15, -0.1) is 0 Å². The summed E-state index contributed by atoms with van der Waals surface area (Å²) in [5, 5.41) is 3.13. The minimum atomic E-state index is 0.932. The first kappa shape index (κ1) is 13.0. The van der Waals surface area contributed by atoms with Crippen molar-refractivity contribution in [3.05, 3.63) is 29.8 Å². The second kappa shape index (κ2) is 7.39. The molecule has 80 valence electrons. The molecule has 14 heavy (non-hydrogen) atoms. The summed E-state index contributed by atoms with van der Waals surface area (Å²) in [5.41, 5.74) is 2.58. The first-order chi connectivity index (χ1) is 6.74. The molecular weight excluding hydrogens is 172 g/mol. The average Bonchev–Trinajstić information content (AvgIpc) is 2.22. The minimum absolute atomic E-state index is 0.932. The molecule has 0 saturated heterocycles. The highest BCUT2D eigenvalue weighted by Crippen LogP contribution is 2.12. The van der Waals surface area contributed by atoms with E-state index in [1.54, 1.807) is 0 Å². The molecule has 0 aromatic heterocycles. The van der Waals surface area contributed by atoms with Gasteiger partial charge in [0.2, 0.25) is 0 Å². The van der Waals surface area contributed by atoms with E-state index < -0.39 is 0 Å². The van der Waals surface area contributed by atoms with Crippen LogP contribution in [0.15, 0.2) is 24.3 Å². The van der Waals surface area contributed by atoms with Crippen molar-refractivity contribution < 1.29 is 0 Å². The molecule has 0 spiro atoms. The van der Waals surface area contributed by atoms with Gasteiger partial charge in [-0.2, -0.15) is 0 Å². The molecule has 1 rings (SSSR count). The monoisotopic (exact) mass is 194 g/mol. The van der Waals surface area contributed by atoms with E-state index in [9.17, 15) is 0 Å². The first-order valence-electron chi connectivity index (χ1n) is 5.15. The first-order valence-corrected chi connectivity index (χ1v) is 5.15. The molecule has 0 aliphatic rings. The van der Waals surface area contributed by atoms with E-state index >= 15 is 0 Å². The lowest BCUT2D eigenvalue weighted by Crippen LogP contribution is -2.10. The standard InChI is InChI=1S/C10H16N2.C2H6/c1-11-8-9-5-4-6-10(7-9)12(2)3;1-2/h4-7,11H,8H2,1-3H3;1-2H3. The number of nitrogens with zero attached hydrogens (tertiary/aromatic N) is 1. The Morgan fingerprint density at radius 3 is 2.36 bits per heavy atom. The highest BCUT2D eigenvalue weighted by molar-refractivity contribution is 5.47. The van der Waals surface area contributed by atoms with E-state index in [2.05, 4.69) is 48.6 Å². The molecule has 0 heterocycles. The molecule has 0 atom stereocenters. The topological polar surface area (TPSA) is 15.3 Å². The number of hydrogen-bond donors (Lipinski definition) is 1. The Balaban J connectivity index is 0.000000791. The number of hydrogen-bond acceptors (Lipinski definition) is 2. The molecule has 0 bridgehead atoms. The molecule has 1 aromatic rings. The van der Waals surface area contributed by atoms with Gasteiger partial charge in [-0.1, -0.05) is 26.0 Å². The zero-order valence-electron chi connectivity index (χ0n) is 9.96. The van der Waals surface area contributed by atoms with E-state index in [-0.39, 0.29) is 0 Å². The van der Waals surface area contributed by atoms with Crippen LogP contribution in [0, 0.1) is 0 Å². The lowest BCUT2D eigenvalue weighted by molar-refractivity contribution is 0.817. The molecule has 1 aromatic carbocycles. The molecule has 1 N–H and O–H groups in total. The maximum absolute atomic E-state index is 3.13. The predicted molar refractivity (Wildman–Crippen MR) is 64.9 cm³/mol. The molecule has 0 amide bonds. The van der Waals surface area contributed by atoms with E-state index in [0.29, 0.717) is 0 Å². The summed E-state index contributed by atoms with van der Waals surface area (Å²) >= 11 is 0. The van der Waals surface area contributed by atoms with Gasteiger partial charge < -0.3 is 10.2 Å². The Morgan fingerprint density at radius 2 is 1.86 bits per heavy atom. The van der Waals surface area contributed by atoms with Crippen LogP contribution in [0.1, 0.15) is 19.4 Å². The normalized spacial score (nSPS) is 8.93. The van der Waals surface area contributed by atoms with Crippen molar-refractivity contribution in [1.29, 1.82) is 0 Å². The number of anilines is 1. The van der Waals surface area contributed by atoms with Crippen LogP contribution < -0.4 is 10.2 Å². The van der Waals surface area contributed by atoms with Gasteiger partial charge in [0, 0.05) is 26.3 Å². The lowest BCUT2D eigenvalue weighted by atomic mass is 10.2. The summed E-state index contributed by atoms with van der Waals surface area (Å²) in [6, 6.07) is 8.52. The van der Waals surface area contributed by atoms with E-state index in [0.717, 1.165) is 6.54 Å². The lowest BCUT2D eigenvalue weighted by Gasteiger charge is -2.13. The van der Waals surface area contributed by atoms with Crippen LogP contribution in [0.25, 0.3) is 0 Å². The maximum Gasteiger partial charge on any atom is 0.0364 e. The average molecular weight is 194 g/mol. The van der Waals surface area contributed by atoms with Crippen molar-refractivity contribution in [3.8, 4) is 0 Å². The summed E-state index contributed by atoms with van der Waals surface area (Å²) in [5.74, 6) is 0. The number of benzene rings is 1. The van der Waals surface area contributed by atoms with Gasteiger partial charge in [0.1, 0.15) is 0 Å². The van der Waals surface area contributed by atoms with Crippen LogP contribution in [-0.2, 0) is 6.54 Å². The Kier molecular flexibility index (Phi) is 6.85. The third kappa shape index (κ3) is 4.28. The van der Waals surface area contributed by atoms with Crippen molar-refractivity contribution in [1.82, 2.24) is 5.32 Å². The largest absolute Gasteiger partial charge is 0.378 e. The smallest absolute Gasteiger partial charge is 0.0364 e. The zero-order chi connectivity index (χ0) is 11.0. The summed E-state index contributed by atoms with van der Waals surface area (Å²) in [7, 11) is 6.07. The molecule has 0 aliphatic carbocycles. The Bertz CT molecular complexity index is 244. The molecule has 0 fully saturated rings. The molecule has 2 heteroatoms. The second-order valence-corrected chi connectivity index (χ2v) is 3.09. The van der Waals surface area contributed by atoms with Gasteiger partial charge in [0.25, 0.3) is 0 Å². The summed E-state index contributed by atoms with van der Waals surface area (Å²) < 4.78 is 0. The minimum Gasteiger partial charge on any atom is -0.378 e. The van der Waals surface area contributed by atoms with Crippen molar-refractivity contribution in [3.63, 3.8) is 0 Å². The summed E-state index contributed by atoms with van der Waals surface area (Å²) in [6.45, 7) is 4.93. The maximum atomic E-state index is 3.13. The zero-order valence-corrected chi connectivity index (χ0v) is 9.96. The predicted octanol–water partition coefficient (Wildman–Crippen LogP) is 2.50. The van der Waals surface area contributed by atoms with E-state index in [1.165, 1.54) is 11.3 Å². The number of rotatable bonds is 3. The van der Waals surface area contributed by atoms with Crippen molar-refractivity contribution in [2.45, 2.75) is 20.4 Å². The second-order valence-electron chi connectivity index (χ2n) is 3.09. The number of nitrogens with one attached hydrogen (secondary N) is 1. The van der Waals surface area contributed by atoms with Crippen LogP contribution in [-0.4, -0.2) is 21.1 Å². The summed E-state index contributed by atoms with van der Waals surface area (Å²) in [6.07, 6.45) is 0. The third-order valence-corrected chi connectivity index (χ3v) is 1.81. The summed E-state index contributed by atoms with van der Waals surface area (Å²) in [4.78, 5) is 2.11. The van der Waals surface area contributed by atoms with Gasteiger partial charge >= 0.3 is 0 Å². The highest BCUT2D eigenvalue weighted by Gasteiger charge is 1.95. The van der Waals surface area contributed by atoms with Crippen LogP contribution in [0.2, 0.25) is 0 Å². The third-order valence-electron chi connectivity index (χ3n) is 1.81. The van der Waals surface area contributed by atoms with Crippen LogP contribution in [0.5, 0.6) is 0 Å².